The highest BCUT2D eigenvalue weighted by atomic mass is 32.2. The van der Waals surface area contributed by atoms with Crippen LogP contribution in [0, 0.1) is 6.92 Å². The van der Waals surface area contributed by atoms with Gasteiger partial charge in [0.2, 0.25) is 15.8 Å². The summed E-state index contributed by atoms with van der Waals surface area (Å²) in [6, 6.07) is 19.6. The van der Waals surface area contributed by atoms with Gasteiger partial charge in [-0.15, -0.1) is 0 Å². The Kier molecular flexibility index (Phi) is 5.04. The van der Waals surface area contributed by atoms with Crippen molar-refractivity contribution in [3.63, 3.8) is 0 Å². The molecule has 0 fully saturated rings. The first-order chi connectivity index (χ1) is 12.7. The number of aryl methyl sites for hydroxylation is 1. The summed E-state index contributed by atoms with van der Waals surface area (Å²) in [4.78, 5) is 15.7. The zero-order valence-electron chi connectivity index (χ0n) is 15.3. The molecular formula is C21H22N2O3S. The minimum Gasteiger partial charge on any atom is -0.356 e. The van der Waals surface area contributed by atoms with Gasteiger partial charge in [0.05, 0.1) is 5.69 Å². The first-order valence-electron chi connectivity index (χ1n) is 8.58. The summed E-state index contributed by atoms with van der Waals surface area (Å²) in [6.45, 7) is 3.55. The van der Waals surface area contributed by atoms with Crippen molar-refractivity contribution in [2.24, 2.45) is 5.14 Å². The summed E-state index contributed by atoms with van der Waals surface area (Å²) in [7, 11) is -3.89. The predicted octanol–water partition coefficient (Wildman–Crippen LogP) is 3.30. The third kappa shape index (κ3) is 3.86. The lowest BCUT2D eigenvalue weighted by atomic mass is 9.95. The van der Waals surface area contributed by atoms with E-state index in [1.165, 1.54) is 0 Å². The minimum absolute atomic E-state index is 0.136. The average Bonchev–Trinajstić information content (AvgIpc) is 3.10. The van der Waals surface area contributed by atoms with Gasteiger partial charge in [-0.05, 0) is 31.5 Å². The van der Waals surface area contributed by atoms with Crippen LogP contribution in [0.5, 0.6) is 0 Å². The van der Waals surface area contributed by atoms with Crippen LogP contribution in [-0.2, 0) is 21.2 Å². The maximum absolute atomic E-state index is 12.6. The van der Waals surface area contributed by atoms with Crippen molar-refractivity contribution in [1.29, 1.82) is 0 Å². The number of hydrogen-bond acceptors (Lipinski definition) is 3. The molecule has 0 saturated heterocycles. The van der Waals surface area contributed by atoms with E-state index in [-0.39, 0.29) is 12.2 Å². The van der Waals surface area contributed by atoms with E-state index in [1.807, 2.05) is 25.1 Å². The van der Waals surface area contributed by atoms with Gasteiger partial charge in [0, 0.05) is 17.7 Å². The van der Waals surface area contributed by atoms with Gasteiger partial charge >= 0.3 is 0 Å². The lowest BCUT2D eigenvalue weighted by molar-refractivity contribution is 0.103. The molecule has 6 heteroatoms. The number of hydrogen-bond donors (Lipinski definition) is 2. The lowest BCUT2D eigenvalue weighted by Crippen LogP contribution is -2.40. The van der Waals surface area contributed by atoms with Crippen LogP contribution in [0.2, 0.25) is 0 Å². The molecule has 1 unspecified atom stereocenters. The zero-order valence-corrected chi connectivity index (χ0v) is 16.1. The van der Waals surface area contributed by atoms with E-state index >= 15 is 0 Å². The van der Waals surface area contributed by atoms with E-state index in [1.54, 1.807) is 55.5 Å². The van der Waals surface area contributed by atoms with Crippen LogP contribution in [0.4, 0.5) is 0 Å². The molecule has 3 N–H and O–H groups in total. The van der Waals surface area contributed by atoms with Crippen LogP contribution in [0.3, 0.4) is 0 Å². The second-order valence-electron chi connectivity index (χ2n) is 6.91. The molecule has 1 heterocycles. The minimum atomic E-state index is -3.89. The molecule has 27 heavy (non-hydrogen) atoms. The quantitative estimate of drug-likeness (QED) is 0.641. The van der Waals surface area contributed by atoms with Crippen molar-refractivity contribution < 1.29 is 13.2 Å². The highest BCUT2D eigenvalue weighted by molar-refractivity contribution is 7.90. The number of rotatable bonds is 6. The average molecular weight is 382 g/mol. The maximum Gasteiger partial charge on any atom is 0.219 e. The van der Waals surface area contributed by atoms with Crippen LogP contribution in [0.25, 0.3) is 0 Å². The Hall–Kier alpha value is -2.70. The monoisotopic (exact) mass is 382 g/mol. The molecule has 0 bridgehead atoms. The Balaban J connectivity index is 1.91. The summed E-state index contributed by atoms with van der Waals surface area (Å²) < 4.78 is 23.4. The maximum atomic E-state index is 12.6. The summed E-state index contributed by atoms with van der Waals surface area (Å²) in [5.41, 5.74) is 3.30. The number of carbonyl (C=O) groups is 1. The van der Waals surface area contributed by atoms with Gasteiger partial charge in [0.25, 0.3) is 0 Å². The molecule has 0 amide bonds. The Morgan fingerprint density at radius 1 is 1.00 bits per heavy atom. The van der Waals surface area contributed by atoms with Crippen molar-refractivity contribution in [1.82, 2.24) is 4.98 Å². The van der Waals surface area contributed by atoms with Gasteiger partial charge in [-0.2, -0.15) is 0 Å². The molecule has 1 aromatic heterocycles. The molecule has 0 spiro atoms. The number of carbonyl (C=O) groups excluding carboxylic acids is 1. The Morgan fingerprint density at radius 2 is 1.63 bits per heavy atom. The number of H-pyrrole nitrogens is 1. The molecule has 0 saturated carbocycles. The van der Waals surface area contributed by atoms with E-state index in [0.717, 1.165) is 5.56 Å². The molecular weight excluding hydrogens is 360 g/mol. The number of primary sulfonamides is 1. The topological polar surface area (TPSA) is 93.0 Å². The highest BCUT2D eigenvalue weighted by Crippen LogP contribution is 2.32. The molecule has 2 aromatic carbocycles. The first-order valence-corrected chi connectivity index (χ1v) is 10.1. The van der Waals surface area contributed by atoms with Crippen LogP contribution in [-0.4, -0.2) is 19.2 Å². The van der Waals surface area contributed by atoms with Crippen LogP contribution >= 0.6 is 0 Å². The molecule has 1 atom stereocenters. The van der Waals surface area contributed by atoms with Crippen LogP contribution in [0.15, 0.2) is 66.7 Å². The van der Waals surface area contributed by atoms with Gasteiger partial charge in [0.15, 0.2) is 0 Å². The van der Waals surface area contributed by atoms with Crippen molar-refractivity contribution in [2.45, 2.75) is 25.0 Å². The number of sulfonamides is 1. The largest absolute Gasteiger partial charge is 0.356 e. The van der Waals surface area contributed by atoms with Crippen LogP contribution in [0.1, 0.15) is 39.8 Å². The van der Waals surface area contributed by atoms with E-state index in [4.69, 9.17) is 5.14 Å². The summed E-state index contributed by atoms with van der Waals surface area (Å²) in [5, 5.41) is 5.56. The Bertz CT molecular complexity index is 1050. The lowest BCUT2D eigenvalue weighted by Gasteiger charge is -2.27. The molecule has 0 radical (unpaired) electrons. The highest BCUT2D eigenvalue weighted by Gasteiger charge is 2.39. The number of nitrogens with one attached hydrogen (secondary N) is 1. The van der Waals surface area contributed by atoms with E-state index in [2.05, 4.69) is 4.98 Å². The second-order valence-corrected chi connectivity index (χ2v) is 8.90. The van der Waals surface area contributed by atoms with Crippen LogP contribution < -0.4 is 5.14 Å². The molecule has 0 aliphatic rings. The molecule has 3 aromatic rings. The molecule has 0 aliphatic carbocycles. The van der Waals surface area contributed by atoms with Crippen molar-refractivity contribution >= 4 is 15.8 Å². The van der Waals surface area contributed by atoms with Gasteiger partial charge in [0.1, 0.15) is 4.75 Å². The SMILES string of the molecule is Cc1ccc(C(=O)c2ccc(CC(C)(c3ccccc3)S(N)(=O)=O)[nH]2)cc1. The zero-order chi connectivity index (χ0) is 19.7. The number of aromatic nitrogens is 1. The number of aromatic amines is 1. The third-order valence-electron chi connectivity index (χ3n) is 4.84. The fraction of sp³-hybridized carbons (Fsp3) is 0.190. The Morgan fingerprint density at radius 3 is 2.22 bits per heavy atom. The standard InChI is InChI=1S/C21H22N2O3S/c1-15-8-10-16(11-9-15)20(24)19-13-12-18(23-19)14-21(2,27(22,25)26)17-6-4-3-5-7-17/h3-13,23H,14H2,1-2H3,(H2,22,25,26). The fourth-order valence-electron chi connectivity index (χ4n) is 3.06. The Labute approximate surface area is 159 Å². The van der Waals surface area contributed by atoms with Gasteiger partial charge < -0.3 is 4.98 Å². The third-order valence-corrected chi connectivity index (χ3v) is 6.48. The normalized spacial score (nSPS) is 13.9. The molecule has 3 rings (SSSR count). The summed E-state index contributed by atoms with van der Waals surface area (Å²) in [5.74, 6) is -0.140. The number of benzene rings is 2. The molecule has 5 nitrogen and oxygen atoms in total. The fourth-order valence-corrected chi connectivity index (χ4v) is 3.88. The molecule has 0 aliphatic heterocycles. The van der Waals surface area contributed by atoms with Gasteiger partial charge in [-0.1, -0.05) is 60.2 Å². The number of ketones is 1. The van der Waals surface area contributed by atoms with Gasteiger partial charge in [-0.3, -0.25) is 4.79 Å². The summed E-state index contributed by atoms with van der Waals surface area (Å²) >= 11 is 0. The van der Waals surface area contributed by atoms with E-state index in [0.29, 0.717) is 22.5 Å². The molecule has 140 valence electrons. The van der Waals surface area contributed by atoms with E-state index in [9.17, 15) is 13.2 Å². The first kappa shape index (κ1) is 19.1. The van der Waals surface area contributed by atoms with Crippen molar-refractivity contribution in [3.8, 4) is 0 Å². The van der Waals surface area contributed by atoms with Crippen molar-refractivity contribution in [2.75, 3.05) is 0 Å². The van der Waals surface area contributed by atoms with Gasteiger partial charge in [-0.25, -0.2) is 13.6 Å². The van der Waals surface area contributed by atoms with E-state index < -0.39 is 14.8 Å². The van der Waals surface area contributed by atoms with Crippen molar-refractivity contribution in [3.05, 3.63) is 94.8 Å². The smallest absolute Gasteiger partial charge is 0.219 e. The predicted molar refractivity (Wildman–Crippen MR) is 106 cm³/mol. The second kappa shape index (κ2) is 7.13. The number of nitrogens with two attached hydrogens (primary N) is 1. The summed E-state index contributed by atoms with van der Waals surface area (Å²) in [6.07, 6.45) is 0.136.